The van der Waals surface area contributed by atoms with Gasteiger partial charge in [-0.3, -0.25) is 0 Å². The van der Waals surface area contributed by atoms with Gasteiger partial charge in [0.25, 0.3) is 0 Å². The molecule has 1 unspecified atom stereocenters. The number of anilines is 1. The summed E-state index contributed by atoms with van der Waals surface area (Å²) in [6.07, 6.45) is 1.00. The summed E-state index contributed by atoms with van der Waals surface area (Å²) in [6, 6.07) is 10.0. The molecule has 1 aliphatic heterocycles. The van der Waals surface area contributed by atoms with Gasteiger partial charge in [0.2, 0.25) is 0 Å². The number of nitrogen functional groups attached to an aromatic ring is 1. The number of hydrogen-bond acceptors (Lipinski definition) is 5. The smallest absolute Gasteiger partial charge is 0.131 e. The predicted octanol–water partition coefficient (Wildman–Crippen LogP) is 3.43. The van der Waals surface area contributed by atoms with Crippen molar-refractivity contribution in [2.24, 2.45) is 0 Å². The third kappa shape index (κ3) is 3.71. The molecule has 5 nitrogen and oxygen atoms in total. The van der Waals surface area contributed by atoms with E-state index in [4.69, 9.17) is 15.2 Å². The van der Waals surface area contributed by atoms with E-state index < -0.39 is 0 Å². The van der Waals surface area contributed by atoms with E-state index in [1.54, 1.807) is 7.11 Å². The summed E-state index contributed by atoms with van der Waals surface area (Å²) in [5, 5.41) is 0. The van der Waals surface area contributed by atoms with Crippen LogP contribution >= 0.6 is 0 Å². The van der Waals surface area contributed by atoms with E-state index in [1.165, 1.54) is 5.56 Å². The first-order valence-electron chi connectivity index (χ1n) is 8.94. The second kappa shape index (κ2) is 7.74. The highest BCUT2D eigenvalue weighted by atomic mass is 16.5. The Balaban J connectivity index is 2.02. The van der Waals surface area contributed by atoms with Crippen LogP contribution in [0.1, 0.15) is 43.0 Å². The van der Waals surface area contributed by atoms with Crippen molar-refractivity contribution in [2.45, 2.75) is 32.8 Å². The second-order valence-electron chi connectivity index (χ2n) is 6.33. The molecule has 0 saturated heterocycles. The van der Waals surface area contributed by atoms with Gasteiger partial charge >= 0.3 is 0 Å². The molecule has 0 aliphatic carbocycles. The molecule has 0 bridgehead atoms. The monoisotopic (exact) mass is 341 g/mol. The van der Waals surface area contributed by atoms with Crippen molar-refractivity contribution in [3.63, 3.8) is 0 Å². The van der Waals surface area contributed by atoms with Gasteiger partial charge in [0.05, 0.1) is 12.8 Å². The topological polar surface area (TPSA) is 60.6 Å². The number of benzene rings is 1. The Morgan fingerprint density at radius 3 is 2.72 bits per heavy atom. The van der Waals surface area contributed by atoms with Crippen LogP contribution in [0.25, 0.3) is 0 Å². The van der Waals surface area contributed by atoms with E-state index in [0.717, 1.165) is 48.8 Å². The number of rotatable bonds is 6. The van der Waals surface area contributed by atoms with E-state index >= 15 is 0 Å². The zero-order chi connectivity index (χ0) is 17.8. The van der Waals surface area contributed by atoms with Crippen molar-refractivity contribution >= 4 is 5.82 Å². The molecule has 3 rings (SSSR count). The summed E-state index contributed by atoms with van der Waals surface area (Å²) in [7, 11) is 1.69. The molecule has 1 aromatic heterocycles. The fraction of sp³-hybridized carbons (Fsp3) is 0.450. The lowest BCUT2D eigenvalue weighted by atomic mass is 9.87. The summed E-state index contributed by atoms with van der Waals surface area (Å²) in [5.41, 5.74) is 9.20. The maximum atomic E-state index is 6.03. The molecule has 2 aromatic rings. The van der Waals surface area contributed by atoms with Gasteiger partial charge in [-0.2, -0.15) is 0 Å². The Kier molecular flexibility index (Phi) is 5.43. The van der Waals surface area contributed by atoms with E-state index in [9.17, 15) is 0 Å². The van der Waals surface area contributed by atoms with Crippen molar-refractivity contribution in [2.75, 3.05) is 32.5 Å². The Bertz CT molecular complexity index is 729. The first kappa shape index (κ1) is 17.5. The summed E-state index contributed by atoms with van der Waals surface area (Å²) in [5.74, 6) is 2.51. The van der Waals surface area contributed by atoms with Crippen LogP contribution in [0.4, 0.5) is 5.82 Å². The number of nitrogens with two attached hydrogens (primary N) is 1. The molecule has 0 spiro atoms. The summed E-state index contributed by atoms with van der Waals surface area (Å²) in [4.78, 5) is 6.97. The average Bonchev–Trinajstić information content (AvgIpc) is 2.78. The average molecular weight is 341 g/mol. The van der Waals surface area contributed by atoms with E-state index in [1.807, 2.05) is 18.2 Å². The molecule has 0 amide bonds. The lowest BCUT2D eigenvalue weighted by Gasteiger charge is -2.24. The second-order valence-corrected chi connectivity index (χ2v) is 6.33. The number of nitrogens with zero attached hydrogens (tertiary/aromatic N) is 2. The lowest BCUT2D eigenvalue weighted by molar-refractivity contribution is 0.292. The number of ether oxygens (including phenoxy) is 2. The number of fused-ring (bicyclic) bond motifs is 2. The Labute approximate surface area is 149 Å². The normalized spacial score (nSPS) is 15.9. The summed E-state index contributed by atoms with van der Waals surface area (Å²) >= 11 is 0. The van der Waals surface area contributed by atoms with Crippen molar-refractivity contribution in [1.82, 2.24) is 9.88 Å². The van der Waals surface area contributed by atoms with Crippen molar-refractivity contribution in [1.29, 1.82) is 0 Å². The van der Waals surface area contributed by atoms with Crippen LogP contribution in [0.3, 0.4) is 0 Å². The molecule has 134 valence electrons. The zero-order valence-electron chi connectivity index (χ0n) is 15.3. The van der Waals surface area contributed by atoms with Crippen molar-refractivity contribution in [3.8, 4) is 11.5 Å². The number of methoxy groups -OCH3 is 1. The molecule has 2 heterocycles. The summed E-state index contributed by atoms with van der Waals surface area (Å²) < 4.78 is 11.5. The third-order valence-electron chi connectivity index (χ3n) is 4.99. The molecule has 25 heavy (non-hydrogen) atoms. The maximum absolute atomic E-state index is 6.03. The SMILES string of the molecule is CCN(CC)CCC1c2cc(OC)ccc2OCc2nc(N)ccc21. The van der Waals surface area contributed by atoms with Crippen LogP contribution < -0.4 is 15.2 Å². The van der Waals surface area contributed by atoms with Crippen molar-refractivity contribution in [3.05, 3.63) is 47.2 Å². The van der Waals surface area contributed by atoms with Gasteiger partial charge in [0.15, 0.2) is 0 Å². The Morgan fingerprint density at radius 1 is 1.20 bits per heavy atom. The van der Waals surface area contributed by atoms with Gasteiger partial charge in [-0.1, -0.05) is 19.9 Å². The molecule has 2 N–H and O–H groups in total. The predicted molar refractivity (Wildman–Crippen MR) is 100 cm³/mol. The molecular formula is C20H27N3O2. The van der Waals surface area contributed by atoms with Crippen LogP contribution in [0.15, 0.2) is 30.3 Å². The fourth-order valence-electron chi connectivity index (χ4n) is 3.50. The van der Waals surface area contributed by atoms with Gasteiger partial charge in [-0.05, 0) is 55.9 Å². The first-order chi connectivity index (χ1) is 12.2. The van der Waals surface area contributed by atoms with Crippen LogP contribution in [-0.4, -0.2) is 36.6 Å². The molecule has 0 saturated carbocycles. The molecule has 5 heteroatoms. The lowest BCUT2D eigenvalue weighted by Crippen LogP contribution is -2.25. The third-order valence-corrected chi connectivity index (χ3v) is 4.99. The number of aromatic nitrogens is 1. The van der Waals surface area contributed by atoms with Gasteiger partial charge < -0.3 is 20.1 Å². The largest absolute Gasteiger partial charge is 0.497 e. The first-order valence-corrected chi connectivity index (χ1v) is 8.94. The highest BCUT2D eigenvalue weighted by Crippen LogP contribution is 2.40. The zero-order valence-corrected chi connectivity index (χ0v) is 15.3. The minimum atomic E-state index is 0.219. The minimum absolute atomic E-state index is 0.219. The Morgan fingerprint density at radius 2 is 2.00 bits per heavy atom. The van der Waals surface area contributed by atoms with Crippen LogP contribution in [-0.2, 0) is 6.61 Å². The highest BCUT2D eigenvalue weighted by Gasteiger charge is 2.26. The summed E-state index contributed by atoms with van der Waals surface area (Å²) in [6.45, 7) is 7.98. The molecule has 0 radical (unpaired) electrons. The molecule has 1 aromatic carbocycles. The Hall–Kier alpha value is -2.27. The number of hydrogen-bond donors (Lipinski definition) is 1. The van der Waals surface area contributed by atoms with Crippen LogP contribution in [0, 0.1) is 0 Å². The fourth-order valence-corrected chi connectivity index (χ4v) is 3.50. The number of pyridine rings is 1. The van der Waals surface area contributed by atoms with Crippen LogP contribution in [0.2, 0.25) is 0 Å². The van der Waals surface area contributed by atoms with E-state index in [0.29, 0.717) is 12.4 Å². The standard InChI is InChI=1S/C20H27N3O2/c1-4-23(5-2)11-10-15-16-7-9-20(21)22-18(16)13-25-19-8-6-14(24-3)12-17(15)19/h6-9,12,15H,4-5,10-11,13H2,1-3H3,(H2,21,22). The highest BCUT2D eigenvalue weighted by molar-refractivity contribution is 5.50. The van der Waals surface area contributed by atoms with Crippen molar-refractivity contribution < 1.29 is 9.47 Å². The van der Waals surface area contributed by atoms with Gasteiger partial charge in [-0.15, -0.1) is 0 Å². The van der Waals surface area contributed by atoms with Gasteiger partial charge in [0, 0.05) is 11.5 Å². The molecule has 1 atom stereocenters. The van der Waals surface area contributed by atoms with Gasteiger partial charge in [-0.25, -0.2) is 4.98 Å². The molecular weight excluding hydrogens is 314 g/mol. The molecule has 1 aliphatic rings. The minimum Gasteiger partial charge on any atom is -0.497 e. The molecule has 0 fully saturated rings. The van der Waals surface area contributed by atoms with Gasteiger partial charge in [0.1, 0.15) is 23.9 Å². The quantitative estimate of drug-likeness (QED) is 0.872. The maximum Gasteiger partial charge on any atom is 0.131 e. The van der Waals surface area contributed by atoms with Crippen LogP contribution in [0.5, 0.6) is 11.5 Å². The van der Waals surface area contributed by atoms with E-state index in [-0.39, 0.29) is 5.92 Å². The van der Waals surface area contributed by atoms with E-state index in [2.05, 4.69) is 35.9 Å².